The molecule has 1 aliphatic rings. The van der Waals surface area contributed by atoms with Gasteiger partial charge in [-0.25, -0.2) is 15.0 Å². The van der Waals surface area contributed by atoms with Crippen LogP contribution in [-0.4, -0.2) is 73.5 Å². The minimum Gasteiger partial charge on any atom is -0.414 e. The van der Waals surface area contributed by atoms with Crippen molar-refractivity contribution in [3.05, 3.63) is 71.6 Å². The number of imidazole rings is 1. The third-order valence-electron chi connectivity index (χ3n) is 9.60. The highest BCUT2D eigenvalue weighted by molar-refractivity contribution is 6.74. The Hall–Kier alpha value is -3.40. The van der Waals surface area contributed by atoms with Crippen LogP contribution in [0.15, 0.2) is 60.8 Å². The molecule has 1 aliphatic heterocycles. The van der Waals surface area contributed by atoms with Gasteiger partial charge in [-0.1, -0.05) is 70.9 Å². The number of benzene rings is 1. The Morgan fingerprint density at radius 2 is 1.74 bits per heavy atom. The van der Waals surface area contributed by atoms with Crippen molar-refractivity contribution < 1.29 is 18.4 Å². The van der Waals surface area contributed by atoms with Crippen molar-refractivity contribution in [1.82, 2.24) is 19.5 Å². The first-order chi connectivity index (χ1) is 21.4. The van der Waals surface area contributed by atoms with E-state index in [9.17, 15) is 10.3 Å². The van der Waals surface area contributed by atoms with E-state index in [1.807, 2.05) is 18.2 Å². The number of ether oxygens (including phenoxy) is 1. The van der Waals surface area contributed by atoms with E-state index in [1.54, 1.807) is 29.1 Å². The summed E-state index contributed by atoms with van der Waals surface area (Å²) in [5, 5.41) is 4.10. The molecule has 0 unspecified atom stereocenters. The summed E-state index contributed by atoms with van der Waals surface area (Å²) in [5.41, 5.74) is 11.1. The topological polar surface area (TPSA) is 140 Å². The number of amides is 1. The summed E-state index contributed by atoms with van der Waals surface area (Å²) in [6, 6.07) is 8.34. The fourth-order valence-electron chi connectivity index (χ4n) is 4.79. The first kappa shape index (κ1) is 35.5. The Balaban J connectivity index is 1.81. The van der Waals surface area contributed by atoms with Crippen LogP contribution < -0.4 is 4.90 Å². The van der Waals surface area contributed by atoms with Gasteiger partial charge >= 0.3 is 0 Å². The number of aromatic nitrogens is 4. The van der Waals surface area contributed by atoms with Crippen molar-refractivity contribution in [2.45, 2.75) is 102 Å². The largest absolute Gasteiger partial charge is 0.414 e. The summed E-state index contributed by atoms with van der Waals surface area (Å²) in [4.78, 5) is 32.1. The SMILES string of the molecule is C=CCN(C(=O)c1ccccc1)c1ncnc2c1ncn2[C@@H]1O[C@H](CO[Si](C)(C)C(C)(C)C)[C@@H](N=[N+]=[N-])[C@H]1O[Si](C)(C)C(C)(C)C. The highest BCUT2D eigenvalue weighted by Gasteiger charge is 2.52. The lowest BCUT2D eigenvalue weighted by atomic mass is 10.1. The number of hydrogen-bond acceptors (Lipinski definition) is 8. The highest BCUT2D eigenvalue weighted by Crippen LogP contribution is 2.44. The van der Waals surface area contributed by atoms with Crippen molar-refractivity contribution in [2.75, 3.05) is 18.1 Å². The van der Waals surface area contributed by atoms with Crippen LogP contribution in [0.3, 0.4) is 0 Å². The number of carbonyl (C=O) groups excluding carboxylic acids is 1. The molecule has 1 amide bonds. The van der Waals surface area contributed by atoms with Gasteiger partial charge in [-0.05, 0) is 53.9 Å². The summed E-state index contributed by atoms with van der Waals surface area (Å²) < 4.78 is 22.1. The van der Waals surface area contributed by atoms with E-state index in [2.05, 4.69) is 94.3 Å². The van der Waals surface area contributed by atoms with Gasteiger partial charge in [0.25, 0.3) is 5.91 Å². The molecule has 4 rings (SSSR count). The molecule has 1 fully saturated rings. The zero-order valence-electron chi connectivity index (χ0n) is 28.8. The summed E-state index contributed by atoms with van der Waals surface area (Å²) in [6.45, 7) is 26.0. The average Bonchev–Trinajstić information content (AvgIpc) is 3.55. The third-order valence-corrected chi connectivity index (χ3v) is 18.6. The Bertz CT molecular complexity index is 1590. The van der Waals surface area contributed by atoms with Crippen LogP contribution in [0.4, 0.5) is 5.82 Å². The molecule has 0 bridgehead atoms. The quantitative estimate of drug-likeness (QED) is 0.0674. The molecule has 3 aromatic rings. The number of rotatable bonds is 11. The van der Waals surface area contributed by atoms with Gasteiger partial charge in [-0.15, -0.1) is 6.58 Å². The number of anilines is 1. The molecule has 0 aliphatic carbocycles. The summed E-state index contributed by atoms with van der Waals surface area (Å²) in [5.74, 6) is 0.110. The molecule has 0 saturated carbocycles. The van der Waals surface area contributed by atoms with Crippen LogP contribution in [0.2, 0.25) is 36.3 Å². The molecular weight excluding hydrogens is 617 g/mol. The Morgan fingerprint density at radius 1 is 1.09 bits per heavy atom. The first-order valence-corrected chi connectivity index (χ1v) is 21.4. The van der Waals surface area contributed by atoms with Gasteiger partial charge in [0, 0.05) is 17.0 Å². The maximum Gasteiger partial charge on any atom is 0.259 e. The van der Waals surface area contributed by atoms with Crippen molar-refractivity contribution in [3.8, 4) is 0 Å². The minimum absolute atomic E-state index is 0.0155. The summed E-state index contributed by atoms with van der Waals surface area (Å²) in [7, 11) is -4.55. The molecule has 2 aromatic heterocycles. The molecule has 0 spiro atoms. The van der Waals surface area contributed by atoms with Gasteiger partial charge in [-0.2, -0.15) is 0 Å². The van der Waals surface area contributed by atoms with E-state index < -0.39 is 41.1 Å². The third kappa shape index (κ3) is 7.12. The molecule has 46 heavy (non-hydrogen) atoms. The molecule has 1 saturated heterocycles. The first-order valence-electron chi connectivity index (χ1n) is 15.6. The maximum absolute atomic E-state index is 13.6. The van der Waals surface area contributed by atoms with E-state index in [0.717, 1.165) is 0 Å². The predicted molar refractivity (Wildman–Crippen MR) is 186 cm³/mol. The second kappa shape index (κ2) is 13.4. The number of nitrogens with zero attached hydrogens (tertiary/aromatic N) is 8. The lowest BCUT2D eigenvalue weighted by Gasteiger charge is -2.40. The predicted octanol–water partition coefficient (Wildman–Crippen LogP) is 7.65. The van der Waals surface area contributed by atoms with Crippen LogP contribution in [0.5, 0.6) is 0 Å². The normalized spacial score (nSPS) is 20.8. The second-order valence-corrected chi connectivity index (χ2v) is 24.3. The smallest absolute Gasteiger partial charge is 0.259 e. The second-order valence-electron chi connectivity index (χ2n) is 14.8. The van der Waals surface area contributed by atoms with Gasteiger partial charge in [0.05, 0.1) is 25.1 Å². The van der Waals surface area contributed by atoms with Crippen LogP contribution >= 0.6 is 0 Å². The molecule has 248 valence electrons. The van der Waals surface area contributed by atoms with E-state index in [0.29, 0.717) is 22.5 Å². The van der Waals surface area contributed by atoms with Gasteiger partial charge in [0.1, 0.15) is 12.4 Å². The lowest BCUT2D eigenvalue weighted by molar-refractivity contribution is -0.0445. The van der Waals surface area contributed by atoms with Crippen molar-refractivity contribution >= 4 is 39.5 Å². The monoisotopic (exact) mass is 664 g/mol. The van der Waals surface area contributed by atoms with Gasteiger partial charge in [-0.3, -0.25) is 14.3 Å². The van der Waals surface area contributed by atoms with Crippen LogP contribution in [0.1, 0.15) is 58.1 Å². The molecule has 14 heteroatoms. The van der Waals surface area contributed by atoms with Crippen LogP contribution in [0.25, 0.3) is 21.6 Å². The number of azide groups is 1. The molecule has 12 nitrogen and oxygen atoms in total. The lowest BCUT2D eigenvalue weighted by Crippen LogP contribution is -2.49. The standard InChI is InChI=1S/C32H48N8O4Si2/c1-12-18-39(29(41)22-16-14-13-15-17-22)27-25-28(35-20-34-27)40(21-36-25)30-26(44-46(10,11)32(5,6)7)24(37-38-33)23(43-30)19-42-45(8,9)31(2,3)4/h12-17,20-21,23-24,26,30H,1,18-19H2,2-11H3/t23-,24-,26-,30-/m1/s1. The molecular formula is C32H48N8O4Si2. The minimum atomic E-state index is -2.40. The van der Waals surface area contributed by atoms with E-state index in [4.69, 9.17) is 18.6 Å². The van der Waals surface area contributed by atoms with Gasteiger partial charge in [0.2, 0.25) is 0 Å². The molecule has 4 atom stereocenters. The Morgan fingerprint density at radius 3 is 2.33 bits per heavy atom. The maximum atomic E-state index is 13.6. The average molecular weight is 665 g/mol. The molecule has 0 radical (unpaired) electrons. The molecule has 1 aromatic carbocycles. The number of hydrogen-bond donors (Lipinski definition) is 0. The van der Waals surface area contributed by atoms with Gasteiger partial charge < -0.3 is 13.6 Å². The van der Waals surface area contributed by atoms with E-state index in [1.165, 1.54) is 11.2 Å². The van der Waals surface area contributed by atoms with Crippen LogP contribution in [-0.2, 0) is 13.6 Å². The molecule has 0 N–H and O–H groups in total. The zero-order valence-corrected chi connectivity index (χ0v) is 30.8. The van der Waals surface area contributed by atoms with Crippen LogP contribution in [0, 0.1) is 0 Å². The Labute approximate surface area is 274 Å². The number of carbonyl (C=O) groups is 1. The zero-order chi connectivity index (χ0) is 34.1. The summed E-state index contributed by atoms with van der Waals surface area (Å²) in [6.07, 6.45) is 2.73. The van der Waals surface area contributed by atoms with Gasteiger partial charge in [0.15, 0.2) is 39.8 Å². The van der Waals surface area contributed by atoms with Crippen molar-refractivity contribution in [3.63, 3.8) is 0 Å². The fraction of sp³-hybridized carbons (Fsp3) is 0.562. The van der Waals surface area contributed by atoms with Crippen molar-refractivity contribution in [1.29, 1.82) is 0 Å². The van der Waals surface area contributed by atoms with E-state index in [-0.39, 0.29) is 29.1 Å². The highest BCUT2D eigenvalue weighted by atomic mass is 28.4. The fourth-order valence-corrected chi connectivity index (χ4v) is 7.09. The van der Waals surface area contributed by atoms with E-state index >= 15 is 0 Å². The number of fused-ring (bicyclic) bond motifs is 1. The van der Waals surface area contributed by atoms with Crippen molar-refractivity contribution in [2.24, 2.45) is 5.11 Å². The molecule has 3 heterocycles. The summed E-state index contributed by atoms with van der Waals surface area (Å²) >= 11 is 0. The Kier molecular flexibility index (Phi) is 10.3.